The minimum Gasteiger partial charge on any atom is -0.433 e. The third kappa shape index (κ3) is 2.73. The van der Waals surface area contributed by atoms with Gasteiger partial charge in [-0.3, -0.25) is 0 Å². The molecule has 0 aliphatic rings. The van der Waals surface area contributed by atoms with E-state index in [9.17, 15) is 8.78 Å². The Morgan fingerprint density at radius 2 is 1.78 bits per heavy atom. The molecule has 4 nitrogen and oxygen atoms in total. The molecule has 94 valence electrons. The number of aryl methyl sites for hydroxylation is 1. The van der Waals surface area contributed by atoms with E-state index in [4.69, 9.17) is 10.5 Å². The highest BCUT2D eigenvalue weighted by atomic mass is 79.9. The molecule has 0 radical (unpaired) electrons. The smallest absolute Gasteiger partial charge is 0.224 e. The zero-order valence-corrected chi connectivity index (χ0v) is 10.8. The van der Waals surface area contributed by atoms with Gasteiger partial charge in [0.2, 0.25) is 17.6 Å². The second-order valence-electron chi connectivity index (χ2n) is 3.51. The zero-order chi connectivity index (χ0) is 13.3. The maximum Gasteiger partial charge on any atom is 0.224 e. The van der Waals surface area contributed by atoms with E-state index >= 15 is 0 Å². The van der Waals surface area contributed by atoms with Gasteiger partial charge in [-0.05, 0) is 19.1 Å². The Labute approximate surface area is 110 Å². The average molecular weight is 316 g/mol. The van der Waals surface area contributed by atoms with Gasteiger partial charge in [-0.1, -0.05) is 15.9 Å². The van der Waals surface area contributed by atoms with Crippen LogP contribution in [0.15, 0.2) is 22.7 Å². The molecule has 1 aromatic carbocycles. The van der Waals surface area contributed by atoms with Crippen molar-refractivity contribution in [2.75, 3.05) is 5.73 Å². The van der Waals surface area contributed by atoms with Gasteiger partial charge < -0.3 is 10.5 Å². The van der Waals surface area contributed by atoms with Gasteiger partial charge in [0.05, 0.1) is 0 Å². The summed E-state index contributed by atoms with van der Waals surface area (Å²) in [6.07, 6.45) is 0. The number of nitrogen functional groups attached to an aromatic ring is 1. The highest BCUT2D eigenvalue weighted by Crippen LogP contribution is 2.29. The van der Waals surface area contributed by atoms with Gasteiger partial charge in [0.1, 0.15) is 0 Å². The molecule has 0 amide bonds. The van der Waals surface area contributed by atoms with E-state index in [1.165, 1.54) is 6.07 Å². The summed E-state index contributed by atoms with van der Waals surface area (Å²) in [7, 11) is 0. The number of hydrogen-bond donors (Lipinski definition) is 1. The monoisotopic (exact) mass is 315 g/mol. The van der Waals surface area contributed by atoms with E-state index in [-0.39, 0.29) is 16.3 Å². The summed E-state index contributed by atoms with van der Waals surface area (Å²) in [5.41, 5.74) is 5.95. The molecule has 2 rings (SSSR count). The molecule has 0 spiro atoms. The first-order valence-corrected chi connectivity index (χ1v) is 5.68. The number of anilines is 1. The number of ether oxygens (including phenoxy) is 1. The van der Waals surface area contributed by atoms with Gasteiger partial charge in [-0.25, -0.2) is 13.8 Å². The van der Waals surface area contributed by atoms with E-state index in [0.717, 1.165) is 12.1 Å². The molecule has 0 aliphatic carbocycles. The molecule has 0 fully saturated rings. The number of nitrogens with zero attached hydrogens (tertiary/aromatic N) is 2. The van der Waals surface area contributed by atoms with Gasteiger partial charge in [-0.15, -0.1) is 0 Å². The lowest BCUT2D eigenvalue weighted by Crippen LogP contribution is -2.00. The van der Waals surface area contributed by atoms with Crippen LogP contribution in [0, 0.1) is 18.6 Å². The Kier molecular flexibility index (Phi) is 3.42. The first kappa shape index (κ1) is 12.7. The fourth-order valence-electron chi connectivity index (χ4n) is 1.35. The fraction of sp³-hybridized carbons (Fsp3) is 0.0909. The maximum atomic E-state index is 13.5. The third-order valence-electron chi connectivity index (χ3n) is 2.02. The standard InChI is InChI=1S/C11H8BrF2N3O/c1-5-2-9(17-11(15)16-5)18-10-7(13)3-6(12)4-8(10)14/h2-4H,1H3,(H2,15,16,17). The van der Waals surface area contributed by atoms with Gasteiger partial charge >= 0.3 is 0 Å². The van der Waals surface area contributed by atoms with Crippen LogP contribution >= 0.6 is 15.9 Å². The first-order chi connectivity index (χ1) is 8.45. The van der Waals surface area contributed by atoms with Crippen LogP contribution in [0.2, 0.25) is 0 Å². The Bertz CT molecular complexity index is 564. The predicted molar refractivity (Wildman–Crippen MR) is 65.3 cm³/mol. The normalized spacial score (nSPS) is 10.4. The van der Waals surface area contributed by atoms with E-state index in [2.05, 4.69) is 25.9 Å². The SMILES string of the molecule is Cc1cc(Oc2c(F)cc(Br)cc2F)nc(N)n1. The van der Waals surface area contributed by atoms with Crippen LogP contribution in [0.5, 0.6) is 11.6 Å². The summed E-state index contributed by atoms with van der Waals surface area (Å²) in [5.74, 6) is -2.24. The van der Waals surface area contributed by atoms with Crippen molar-refractivity contribution in [1.29, 1.82) is 0 Å². The molecule has 1 heterocycles. The number of hydrogen-bond acceptors (Lipinski definition) is 4. The largest absolute Gasteiger partial charge is 0.433 e. The number of halogens is 3. The topological polar surface area (TPSA) is 61.0 Å². The quantitative estimate of drug-likeness (QED) is 0.924. The molecule has 2 N–H and O–H groups in total. The molecule has 1 aromatic heterocycles. The van der Waals surface area contributed by atoms with E-state index < -0.39 is 17.4 Å². The summed E-state index contributed by atoms with van der Waals surface area (Å²) in [5, 5.41) is 0. The van der Waals surface area contributed by atoms with Crippen molar-refractivity contribution in [2.45, 2.75) is 6.92 Å². The first-order valence-electron chi connectivity index (χ1n) is 4.89. The Morgan fingerprint density at radius 3 is 2.33 bits per heavy atom. The number of benzene rings is 1. The van der Waals surface area contributed by atoms with Crippen LogP contribution in [0.4, 0.5) is 14.7 Å². The van der Waals surface area contributed by atoms with Crippen molar-refractivity contribution in [3.8, 4) is 11.6 Å². The molecule has 0 unspecified atom stereocenters. The van der Waals surface area contributed by atoms with E-state index in [0.29, 0.717) is 5.69 Å². The molecule has 0 saturated carbocycles. The minimum absolute atomic E-state index is 0.0138. The lowest BCUT2D eigenvalue weighted by Gasteiger charge is -2.08. The van der Waals surface area contributed by atoms with Gasteiger partial charge in [0.15, 0.2) is 11.6 Å². The lowest BCUT2D eigenvalue weighted by atomic mass is 10.3. The van der Waals surface area contributed by atoms with Crippen LogP contribution in [0.3, 0.4) is 0 Å². The molecule has 0 atom stereocenters. The van der Waals surface area contributed by atoms with Crippen molar-refractivity contribution in [2.24, 2.45) is 0 Å². The van der Waals surface area contributed by atoms with Gasteiger partial charge in [0, 0.05) is 16.2 Å². The van der Waals surface area contributed by atoms with Crippen LogP contribution in [-0.4, -0.2) is 9.97 Å². The van der Waals surface area contributed by atoms with Crippen LogP contribution < -0.4 is 10.5 Å². The summed E-state index contributed by atoms with van der Waals surface area (Å²) in [4.78, 5) is 7.56. The van der Waals surface area contributed by atoms with Crippen molar-refractivity contribution < 1.29 is 13.5 Å². The second kappa shape index (κ2) is 4.85. The molecule has 18 heavy (non-hydrogen) atoms. The highest BCUT2D eigenvalue weighted by Gasteiger charge is 2.14. The molecule has 2 aromatic rings. The van der Waals surface area contributed by atoms with Crippen LogP contribution in [0.1, 0.15) is 5.69 Å². The van der Waals surface area contributed by atoms with E-state index in [1.54, 1.807) is 6.92 Å². The van der Waals surface area contributed by atoms with Crippen molar-refractivity contribution in [1.82, 2.24) is 9.97 Å². The molecule has 0 bridgehead atoms. The van der Waals surface area contributed by atoms with Crippen LogP contribution in [0.25, 0.3) is 0 Å². The summed E-state index contributed by atoms with van der Waals surface area (Å²) in [6.45, 7) is 1.67. The Balaban J connectivity index is 2.40. The molecular formula is C11H8BrF2N3O. The summed E-state index contributed by atoms with van der Waals surface area (Å²) < 4.78 is 32.4. The summed E-state index contributed by atoms with van der Waals surface area (Å²) >= 11 is 2.97. The second-order valence-corrected chi connectivity index (χ2v) is 4.42. The molecule has 7 heteroatoms. The van der Waals surface area contributed by atoms with E-state index in [1.807, 2.05) is 0 Å². The van der Waals surface area contributed by atoms with Crippen molar-refractivity contribution in [3.63, 3.8) is 0 Å². The highest BCUT2D eigenvalue weighted by molar-refractivity contribution is 9.10. The molecular weight excluding hydrogens is 308 g/mol. The van der Waals surface area contributed by atoms with Crippen molar-refractivity contribution in [3.05, 3.63) is 40.0 Å². The predicted octanol–water partition coefficient (Wildman–Crippen LogP) is 3.20. The van der Waals surface area contributed by atoms with Gasteiger partial charge in [-0.2, -0.15) is 4.98 Å². The average Bonchev–Trinajstić information content (AvgIpc) is 2.22. The number of nitrogens with two attached hydrogens (primary N) is 1. The third-order valence-corrected chi connectivity index (χ3v) is 2.48. The zero-order valence-electron chi connectivity index (χ0n) is 9.25. The van der Waals surface area contributed by atoms with Gasteiger partial charge in [0.25, 0.3) is 0 Å². The lowest BCUT2D eigenvalue weighted by molar-refractivity contribution is 0.394. The summed E-state index contributed by atoms with van der Waals surface area (Å²) in [6, 6.07) is 3.61. The Hall–Kier alpha value is -1.76. The van der Waals surface area contributed by atoms with Crippen LogP contribution in [-0.2, 0) is 0 Å². The fourth-order valence-corrected chi connectivity index (χ4v) is 1.75. The molecule has 0 aliphatic heterocycles. The molecule has 0 saturated heterocycles. The maximum absolute atomic E-state index is 13.5. The number of rotatable bonds is 2. The van der Waals surface area contributed by atoms with Crippen molar-refractivity contribution >= 4 is 21.9 Å². The Morgan fingerprint density at radius 1 is 1.17 bits per heavy atom. The number of aromatic nitrogens is 2. The minimum atomic E-state index is -0.836.